The minimum absolute atomic E-state index is 0. The quantitative estimate of drug-likeness (QED) is 0.575. The maximum absolute atomic E-state index is 9.00. The van der Waals surface area contributed by atoms with Crippen molar-refractivity contribution >= 4 is 17.9 Å². The van der Waals surface area contributed by atoms with Crippen LogP contribution in [0.2, 0.25) is 0 Å². The van der Waals surface area contributed by atoms with Gasteiger partial charge < -0.3 is 15.3 Å². The highest BCUT2D eigenvalue weighted by molar-refractivity contribution is 5.63. The summed E-state index contributed by atoms with van der Waals surface area (Å²) in [6, 6.07) is 0. The zero-order valence-corrected chi connectivity index (χ0v) is 8.29. The van der Waals surface area contributed by atoms with E-state index in [0.29, 0.717) is 0 Å². The SMILES string of the molecule is CC(=O)O.CC(=O)O.CC(=O)O.F.F.F. The van der Waals surface area contributed by atoms with Gasteiger partial charge in [-0.05, 0) is 0 Å². The molecule has 9 heteroatoms. The third-order valence-corrected chi connectivity index (χ3v) is 0. The summed E-state index contributed by atoms with van der Waals surface area (Å²) >= 11 is 0. The fourth-order valence-corrected chi connectivity index (χ4v) is 0. The van der Waals surface area contributed by atoms with Gasteiger partial charge in [-0.3, -0.25) is 28.5 Å². The van der Waals surface area contributed by atoms with Gasteiger partial charge in [0.15, 0.2) is 0 Å². The van der Waals surface area contributed by atoms with Gasteiger partial charge in [-0.25, -0.2) is 0 Å². The van der Waals surface area contributed by atoms with E-state index in [0.717, 1.165) is 20.8 Å². The molecule has 0 unspecified atom stereocenters. The number of carbonyl (C=O) groups is 3. The van der Waals surface area contributed by atoms with Crippen LogP contribution in [0.5, 0.6) is 0 Å². The smallest absolute Gasteiger partial charge is 0.300 e. The van der Waals surface area contributed by atoms with Crippen molar-refractivity contribution in [1.82, 2.24) is 0 Å². The van der Waals surface area contributed by atoms with Crippen molar-refractivity contribution in [3.05, 3.63) is 0 Å². The van der Waals surface area contributed by atoms with E-state index >= 15 is 0 Å². The van der Waals surface area contributed by atoms with Crippen LogP contribution in [0.25, 0.3) is 0 Å². The summed E-state index contributed by atoms with van der Waals surface area (Å²) in [7, 11) is 0. The first-order valence-corrected chi connectivity index (χ1v) is 2.78. The lowest BCUT2D eigenvalue weighted by molar-refractivity contribution is -0.135. The Morgan fingerprint density at radius 2 is 0.600 bits per heavy atom. The Balaban J connectivity index is -0.0000000184. The Kier molecular flexibility index (Phi) is 74.6. The first kappa shape index (κ1) is 37.9. The zero-order valence-electron chi connectivity index (χ0n) is 8.29. The van der Waals surface area contributed by atoms with E-state index in [1.54, 1.807) is 0 Å². The van der Waals surface area contributed by atoms with E-state index < -0.39 is 17.9 Å². The third-order valence-electron chi connectivity index (χ3n) is 0. The molecule has 0 saturated heterocycles. The Morgan fingerprint density at radius 1 is 0.600 bits per heavy atom. The molecule has 96 valence electrons. The molecule has 0 aromatic carbocycles. The van der Waals surface area contributed by atoms with E-state index in [-0.39, 0.29) is 14.1 Å². The number of aliphatic carboxylic acids is 3. The fourth-order valence-electron chi connectivity index (χ4n) is 0. The lowest BCUT2D eigenvalue weighted by atomic mass is 10.9. The van der Waals surface area contributed by atoms with Crippen molar-refractivity contribution in [3.8, 4) is 0 Å². The minimum Gasteiger partial charge on any atom is -0.481 e. The number of hydrogen-bond donors (Lipinski definition) is 3. The summed E-state index contributed by atoms with van der Waals surface area (Å²) in [4.78, 5) is 27.0. The molecule has 0 rings (SSSR count). The summed E-state index contributed by atoms with van der Waals surface area (Å²) in [5, 5.41) is 22.2. The van der Waals surface area contributed by atoms with Crippen LogP contribution >= 0.6 is 0 Å². The highest BCUT2D eigenvalue weighted by Gasteiger charge is 1.66. The molecule has 3 N–H and O–H groups in total. The first-order valence-electron chi connectivity index (χ1n) is 2.78. The lowest BCUT2D eigenvalue weighted by Gasteiger charge is -1.59. The molecule has 0 heterocycles. The number of rotatable bonds is 0. The minimum atomic E-state index is -0.833. The molecule has 0 bridgehead atoms. The predicted octanol–water partition coefficient (Wildman–Crippen LogP) is 0.730. The molecule has 0 amide bonds. The van der Waals surface area contributed by atoms with Gasteiger partial charge in [-0.15, -0.1) is 0 Å². The zero-order chi connectivity index (χ0) is 10.7. The van der Waals surface area contributed by atoms with Crippen molar-refractivity contribution in [2.45, 2.75) is 20.8 Å². The summed E-state index contributed by atoms with van der Waals surface area (Å²) < 4.78 is 0. The Hall–Kier alpha value is -1.80. The summed E-state index contributed by atoms with van der Waals surface area (Å²) in [6.45, 7) is 3.25. The summed E-state index contributed by atoms with van der Waals surface area (Å²) in [6.07, 6.45) is 0. The Morgan fingerprint density at radius 3 is 0.600 bits per heavy atom. The Bertz CT molecular complexity index is 120. The van der Waals surface area contributed by atoms with E-state index in [1.807, 2.05) is 0 Å². The average molecular weight is 240 g/mol. The van der Waals surface area contributed by atoms with Crippen molar-refractivity contribution in [1.29, 1.82) is 0 Å². The predicted molar refractivity (Wildman–Crippen MR) is 47.4 cm³/mol. The van der Waals surface area contributed by atoms with Gasteiger partial charge in [0, 0.05) is 20.8 Å². The molecule has 0 aliphatic rings. The molecule has 0 fully saturated rings. The molecule has 0 aliphatic carbocycles. The second-order valence-corrected chi connectivity index (χ2v) is 1.56. The lowest BCUT2D eigenvalue weighted by Crippen LogP contribution is -1.78. The standard InChI is InChI=1S/3C2H4O2.3FH/c3*1-2(3)4;;;/h3*1H3,(H,3,4);3*1H. The van der Waals surface area contributed by atoms with Gasteiger partial charge in [0.05, 0.1) is 0 Å². The van der Waals surface area contributed by atoms with Crippen LogP contribution in [-0.2, 0) is 14.4 Å². The number of halogens is 3. The highest BCUT2D eigenvalue weighted by Crippen LogP contribution is 1.42. The highest BCUT2D eigenvalue weighted by atomic mass is 19.0. The second kappa shape index (κ2) is 29.5. The largest absolute Gasteiger partial charge is 0.481 e. The van der Waals surface area contributed by atoms with Gasteiger partial charge >= 0.3 is 0 Å². The van der Waals surface area contributed by atoms with Crippen LogP contribution in [0.15, 0.2) is 0 Å². The van der Waals surface area contributed by atoms with Gasteiger partial charge in [-0.1, -0.05) is 0 Å². The van der Waals surface area contributed by atoms with E-state index in [2.05, 4.69) is 0 Å². The Labute approximate surface area is 83.6 Å². The summed E-state index contributed by atoms with van der Waals surface area (Å²) in [5.41, 5.74) is 0. The van der Waals surface area contributed by atoms with Crippen molar-refractivity contribution in [2.24, 2.45) is 0 Å². The molecule has 6 nitrogen and oxygen atoms in total. The van der Waals surface area contributed by atoms with Crippen molar-refractivity contribution in [3.63, 3.8) is 0 Å². The maximum Gasteiger partial charge on any atom is 0.300 e. The molecule has 0 spiro atoms. The number of hydrogen-bond acceptors (Lipinski definition) is 3. The van der Waals surface area contributed by atoms with E-state index in [4.69, 9.17) is 29.7 Å². The van der Waals surface area contributed by atoms with Crippen molar-refractivity contribution in [2.75, 3.05) is 0 Å². The van der Waals surface area contributed by atoms with E-state index in [1.165, 1.54) is 0 Å². The van der Waals surface area contributed by atoms with Crippen LogP contribution in [0, 0.1) is 0 Å². The third kappa shape index (κ3) is 392. The molecule has 0 saturated carbocycles. The molecular formula is C6H15F3O6. The fraction of sp³-hybridized carbons (Fsp3) is 0.500. The number of carboxylic acid groups (broad SMARTS) is 3. The van der Waals surface area contributed by atoms with Gasteiger partial charge in [-0.2, -0.15) is 0 Å². The topological polar surface area (TPSA) is 112 Å². The van der Waals surface area contributed by atoms with Crippen LogP contribution in [0.4, 0.5) is 14.1 Å². The average Bonchev–Trinajstić information content (AvgIpc) is 1.54. The maximum atomic E-state index is 9.00. The normalized spacial score (nSPS) is 5.00. The molecule has 0 aromatic rings. The van der Waals surface area contributed by atoms with Gasteiger partial charge in [0.2, 0.25) is 0 Å². The summed E-state index contributed by atoms with van der Waals surface area (Å²) in [5.74, 6) is -2.50. The second-order valence-electron chi connectivity index (χ2n) is 1.56. The monoisotopic (exact) mass is 240 g/mol. The molecule has 0 aromatic heterocycles. The molecule has 15 heavy (non-hydrogen) atoms. The van der Waals surface area contributed by atoms with Crippen molar-refractivity contribution < 1.29 is 43.8 Å². The van der Waals surface area contributed by atoms with Crippen LogP contribution in [0.3, 0.4) is 0 Å². The first-order chi connectivity index (χ1) is 5.20. The van der Waals surface area contributed by atoms with Gasteiger partial charge in [0.25, 0.3) is 17.9 Å². The number of carboxylic acids is 3. The molecule has 0 atom stereocenters. The molecular weight excluding hydrogens is 225 g/mol. The van der Waals surface area contributed by atoms with Gasteiger partial charge in [0.1, 0.15) is 0 Å². The van der Waals surface area contributed by atoms with Crippen LogP contribution in [-0.4, -0.2) is 33.2 Å². The molecule has 0 radical (unpaired) electrons. The van der Waals surface area contributed by atoms with Crippen LogP contribution in [0.1, 0.15) is 20.8 Å². The van der Waals surface area contributed by atoms with E-state index in [9.17, 15) is 0 Å². The van der Waals surface area contributed by atoms with Crippen LogP contribution < -0.4 is 0 Å². The molecule has 0 aliphatic heterocycles.